The van der Waals surface area contributed by atoms with Crippen molar-refractivity contribution < 1.29 is 9.53 Å². The highest BCUT2D eigenvalue weighted by Gasteiger charge is 2.38. The molecule has 0 radical (unpaired) electrons. The van der Waals surface area contributed by atoms with Crippen molar-refractivity contribution in [3.63, 3.8) is 0 Å². The standard InChI is InChI=1S/C16H26N4O2/c1-11-13(8-18-19(11)2)14-9-20(10-15(14)16(17)21)6-7-22-12-4-3-5-12/h8,12,14-15H,3-7,9-10H2,1-2H3,(H2,17,21)/t14-,15+/m1/s1. The molecule has 1 aromatic rings. The van der Waals surface area contributed by atoms with Crippen LogP contribution in [0.3, 0.4) is 0 Å². The molecule has 2 fully saturated rings. The molecule has 6 heteroatoms. The van der Waals surface area contributed by atoms with Gasteiger partial charge >= 0.3 is 0 Å². The van der Waals surface area contributed by atoms with Crippen molar-refractivity contribution in [2.45, 2.75) is 38.2 Å². The quantitative estimate of drug-likeness (QED) is 0.843. The molecular formula is C16H26N4O2. The number of nitrogens with two attached hydrogens (primary N) is 1. The highest BCUT2D eigenvalue weighted by atomic mass is 16.5. The van der Waals surface area contributed by atoms with Crippen LogP contribution in [0.2, 0.25) is 0 Å². The van der Waals surface area contributed by atoms with Gasteiger partial charge in [-0.15, -0.1) is 0 Å². The third-order valence-corrected chi connectivity index (χ3v) is 5.25. The van der Waals surface area contributed by atoms with Crippen molar-refractivity contribution in [1.29, 1.82) is 0 Å². The van der Waals surface area contributed by atoms with Gasteiger partial charge in [0.2, 0.25) is 5.91 Å². The lowest BCUT2D eigenvalue weighted by Gasteiger charge is -2.26. The van der Waals surface area contributed by atoms with Gasteiger partial charge < -0.3 is 10.5 Å². The van der Waals surface area contributed by atoms with Crippen molar-refractivity contribution >= 4 is 5.91 Å². The third-order valence-electron chi connectivity index (χ3n) is 5.25. The number of aryl methyl sites for hydroxylation is 1. The largest absolute Gasteiger partial charge is 0.377 e. The summed E-state index contributed by atoms with van der Waals surface area (Å²) in [4.78, 5) is 14.1. The van der Waals surface area contributed by atoms with Gasteiger partial charge in [-0.1, -0.05) is 0 Å². The molecule has 1 aromatic heterocycles. The minimum absolute atomic E-state index is 0.133. The second-order valence-corrected chi connectivity index (χ2v) is 6.61. The lowest BCUT2D eigenvalue weighted by Crippen LogP contribution is -2.31. The van der Waals surface area contributed by atoms with Gasteiger partial charge in [0, 0.05) is 38.3 Å². The number of carbonyl (C=O) groups excluding carboxylic acids is 1. The Bertz CT molecular complexity index is 538. The number of nitrogens with zero attached hydrogens (tertiary/aromatic N) is 3. The van der Waals surface area contributed by atoms with Crippen LogP contribution in [-0.4, -0.2) is 52.9 Å². The molecule has 2 aliphatic rings. The topological polar surface area (TPSA) is 73.4 Å². The smallest absolute Gasteiger partial charge is 0.222 e. The van der Waals surface area contributed by atoms with Gasteiger partial charge in [-0.2, -0.15) is 5.10 Å². The monoisotopic (exact) mass is 306 g/mol. The summed E-state index contributed by atoms with van der Waals surface area (Å²) in [6, 6.07) is 0. The third kappa shape index (κ3) is 3.03. The van der Waals surface area contributed by atoms with Gasteiger partial charge in [0.15, 0.2) is 0 Å². The summed E-state index contributed by atoms with van der Waals surface area (Å²) in [5.74, 6) is -0.197. The second-order valence-electron chi connectivity index (χ2n) is 6.61. The van der Waals surface area contributed by atoms with Crippen LogP contribution in [-0.2, 0) is 16.6 Å². The zero-order chi connectivity index (χ0) is 15.7. The van der Waals surface area contributed by atoms with E-state index in [1.54, 1.807) is 0 Å². The number of carbonyl (C=O) groups is 1. The van der Waals surface area contributed by atoms with E-state index in [2.05, 4.69) is 10.00 Å². The van der Waals surface area contributed by atoms with E-state index >= 15 is 0 Å². The minimum Gasteiger partial charge on any atom is -0.377 e. The number of hydrogen-bond acceptors (Lipinski definition) is 4. The molecule has 1 amide bonds. The van der Waals surface area contributed by atoms with Crippen LogP contribution in [0.5, 0.6) is 0 Å². The molecule has 122 valence electrons. The first kappa shape index (κ1) is 15.5. The van der Waals surface area contributed by atoms with Crippen LogP contribution in [0.1, 0.15) is 36.4 Å². The predicted octanol–water partition coefficient (Wildman–Crippen LogP) is 0.798. The molecule has 1 saturated heterocycles. The Balaban J connectivity index is 1.61. The molecular weight excluding hydrogens is 280 g/mol. The zero-order valence-corrected chi connectivity index (χ0v) is 13.5. The molecule has 22 heavy (non-hydrogen) atoms. The molecule has 6 nitrogen and oxygen atoms in total. The molecule has 2 heterocycles. The Morgan fingerprint density at radius 3 is 2.77 bits per heavy atom. The number of ether oxygens (including phenoxy) is 1. The van der Waals surface area contributed by atoms with Crippen LogP contribution in [0, 0.1) is 12.8 Å². The van der Waals surface area contributed by atoms with E-state index in [1.165, 1.54) is 19.3 Å². The summed E-state index contributed by atoms with van der Waals surface area (Å²) in [6.07, 6.45) is 6.03. The number of primary amides is 1. The Hall–Kier alpha value is -1.40. The van der Waals surface area contributed by atoms with Crippen LogP contribution >= 0.6 is 0 Å². The SMILES string of the molecule is Cc1c([C@H]2CN(CCOC3CCC3)C[C@@H]2C(N)=O)cnn1C. The molecule has 2 atom stereocenters. The second kappa shape index (κ2) is 6.38. The van der Waals surface area contributed by atoms with E-state index in [0.29, 0.717) is 6.10 Å². The summed E-state index contributed by atoms with van der Waals surface area (Å²) >= 11 is 0. The van der Waals surface area contributed by atoms with E-state index in [4.69, 9.17) is 10.5 Å². The van der Waals surface area contributed by atoms with Crippen molar-refractivity contribution in [3.8, 4) is 0 Å². The van der Waals surface area contributed by atoms with Gasteiger partial charge in [0.05, 0.1) is 24.8 Å². The maximum absolute atomic E-state index is 11.8. The van der Waals surface area contributed by atoms with Crippen LogP contribution in [0.15, 0.2) is 6.20 Å². The lowest BCUT2D eigenvalue weighted by atomic mass is 9.89. The molecule has 0 unspecified atom stereocenters. The van der Waals surface area contributed by atoms with E-state index in [9.17, 15) is 4.79 Å². The average Bonchev–Trinajstić information content (AvgIpc) is 2.98. The zero-order valence-electron chi connectivity index (χ0n) is 13.5. The number of aromatic nitrogens is 2. The van der Waals surface area contributed by atoms with Gasteiger partial charge in [0.25, 0.3) is 0 Å². The maximum atomic E-state index is 11.8. The number of rotatable bonds is 6. The van der Waals surface area contributed by atoms with Crippen LogP contribution in [0.4, 0.5) is 0 Å². The Morgan fingerprint density at radius 2 is 2.23 bits per heavy atom. The summed E-state index contributed by atoms with van der Waals surface area (Å²) in [7, 11) is 1.93. The minimum atomic E-state index is -0.212. The lowest BCUT2D eigenvalue weighted by molar-refractivity contribution is -0.121. The van der Waals surface area contributed by atoms with Gasteiger partial charge in [-0.3, -0.25) is 14.4 Å². The molecule has 0 bridgehead atoms. The van der Waals surface area contributed by atoms with Crippen molar-refractivity contribution in [2.24, 2.45) is 18.7 Å². The summed E-state index contributed by atoms with van der Waals surface area (Å²) in [5.41, 5.74) is 7.89. The van der Waals surface area contributed by atoms with E-state index in [1.807, 2.05) is 24.9 Å². The van der Waals surface area contributed by atoms with Crippen molar-refractivity contribution in [1.82, 2.24) is 14.7 Å². The van der Waals surface area contributed by atoms with E-state index in [-0.39, 0.29) is 17.7 Å². The fraction of sp³-hybridized carbons (Fsp3) is 0.750. The molecule has 1 aliphatic heterocycles. The molecule has 0 aromatic carbocycles. The average molecular weight is 306 g/mol. The van der Waals surface area contributed by atoms with Crippen molar-refractivity contribution in [2.75, 3.05) is 26.2 Å². The first-order valence-corrected chi connectivity index (χ1v) is 8.18. The van der Waals surface area contributed by atoms with Gasteiger partial charge in [-0.25, -0.2) is 0 Å². The Morgan fingerprint density at radius 1 is 1.45 bits per heavy atom. The number of likely N-dealkylation sites (tertiary alicyclic amines) is 1. The number of amides is 1. The maximum Gasteiger partial charge on any atom is 0.222 e. The molecule has 1 saturated carbocycles. The van der Waals surface area contributed by atoms with E-state index < -0.39 is 0 Å². The van der Waals surface area contributed by atoms with Gasteiger partial charge in [0.1, 0.15) is 0 Å². The fourth-order valence-corrected chi connectivity index (χ4v) is 3.44. The highest BCUT2D eigenvalue weighted by Crippen LogP contribution is 2.34. The van der Waals surface area contributed by atoms with Crippen LogP contribution in [0.25, 0.3) is 0 Å². The molecule has 1 aliphatic carbocycles. The van der Waals surface area contributed by atoms with E-state index in [0.717, 1.165) is 37.5 Å². The first-order chi connectivity index (χ1) is 10.6. The number of hydrogen-bond donors (Lipinski definition) is 1. The summed E-state index contributed by atoms with van der Waals surface area (Å²) in [5, 5.41) is 4.30. The van der Waals surface area contributed by atoms with Crippen molar-refractivity contribution in [3.05, 3.63) is 17.5 Å². The highest BCUT2D eigenvalue weighted by molar-refractivity contribution is 5.78. The molecule has 2 N–H and O–H groups in total. The summed E-state index contributed by atoms with van der Waals surface area (Å²) in [6.45, 7) is 5.24. The Labute approximate surface area is 131 Å². The summed E-state index contributed by atoms with van der Waals surface area (Å²) < 4.78 is 7.69. The first-order valence-electron chi connectivity index (χ1n) is 8.18. The van der Waals surface area contributed by atoms with Gasteiger partial charge in [-0.05, 0) is 31.7 Å². The van der Waals surface area contributed by atoms with Crippen LogP contribution < -0.4 is 5.73 Å². The fourth-order valence-electron chi connectivity index (χ4n) is 3.44. The normalized spacial score (nSPS) is 26.3. The predicted molar refractivity (Wildman–Crippen MR) is 83.4 cm³/mol. The molecule has 0 spiro atoms. The Kier molecular flexibility index (Phi) is 4.49. The molecule has 3 rings (SSSR count).